The Balaban J connectivity index is 0.00000320. The molecule has 1 unspecified atom stereocenters. The first-order valence-corrected chi connectivity index (χ1v) is 13.7. The molecule has 0 radical (unpaired) electrons. The maximum absolute atomic E-state index is 13.7. The van der Waals surface area contributed by atoms with Crippen LogP contribution in [0.4, 0.5) is 10.5 Å². The molecule has 0 aromatic heterocycles. The van der Waals surface area contributed by atoms with Crippen LogP contribution in [-0.2, 0) is 28.9 Å². The van der Waals surface area contributed by atoms with Gasteiger partial charge in [-0.3, -0.25) is 14.6 Å². The van der Waals surface area contributed by atoms with Crippen LogP contribution in [0.3, 0.4) is 0 Å². The van der Waals surface area contributed by atoms with Gasteiger partial charge in [0.2, 0.25) is 0 Å². The van der Waals surface area contributed by atoms with Crippen LogP contribution in [0, 0.1) is 0 Å². The lowest BCUT2D eigenvalue weighted by molar-refractivity contribution is -0.140. The van der Waals surface area contributed by atoms with Crippen molar-refractivity contribution >= 4 is 41.7 Å². The molecule has 2 aromatic rings. The zero-order valence-corrected chi connectivity index (χ0v) is 24.3. The van der Waals surface area contributed by atoms with Crippen LogP contribution in [0.5, 0.6) is 0 Å². The number of hydrogen-bond donors (Lipinski definition) is 0. The Hall–Kier alpha value is -2.13. The number of methoxy groups -OCH3 is 1. The molecule has 0 spiro atoms. The molecule has 2 aliphatic heterocycles. The molecule has 37 heavy (non-hydrogen) atoms. The third-order valence-corrected chi connectivity index (χ3v) is 8.26. The molecule has 2 fully saturated rings. The van der Waals surface area contributed by atoms with Gasteiger partial charge in [0.05, 0.1) is 13.2 Å². The van der Waals surface area contributed by atoms with E-state index in [2.05, 4.69) is 58.3 Å². The number of nitrogens with zero attached hydrogens (tertiary/aromatic N) is 3. The van der Waals surface area contributed by atoms with Crippen LogP contribution < -0.4 is 4.90 Å². The standard InChI is InChI=1S/C30H39N3O3.HI/c1-36-29(34)15-14-28-22-32(26-10-6-3-7-11-26)30(35)33(28)27-13-12-24-16-18-31(19-17-25(24)20-27)21-23-8-4-2-5-9-23;/h2,4-5,8-9,12-13,20,26,28H,3,6-7,10-11,14-19,21-22H2,1H3;1H. The molecular formula is C30H40IN3O3. The third-order valence-electron chi connectivity index (χ3n) is 8.26. The van der Waals surface area contributed by atoms with Crippen molar-refractivity contribution in [2.24, 2.45) is 0 Å². The van der Waals surface area contributed by atoms with Gasteiger partial charge in [-0.2, -0.15) is 0 Å². The van der Waals surface area contributed by atoms with E-state index < -0.39 is 0 Å². The quantitative estimate of drug-likeness (QED) is 0.291. The summed E-state index contributed by atoms with van der Waals surface area (Å²) in [6.07, 6.45) is 8.80. The summed E-state index contributed by atoms with van der Waals surface area (Å²) in [4.78, 5) is 32.3. The number of amides is 2. The molecule has 3 aliphatic rings. The smallest absolute Gasteiger partial charge is 0.325 e. The fraction of sp³-hybridized carbons (Fsp3) is 0.533. The molecule has 5 rings (SSSR count). The van der Waals surface area contributed by atoms with Crippen molar-refractivity contribution in [3.8, 4) is 0 Å². The van der Waals surface area contributed by atoms with E-state index in [1.165, 1.54) is 43.1 Å². The van der Waals surface area contributed by atoms with E-state index in [9.17, 15) is 9.59 Å². The Morgan fingerprint density at radius 2 is 1.70 bits per heavy atom. The van der Waals surface area contributed by atoms with Gasteiger partial charge in [-0.25, -0.2) is 4.79 Å². The molecule has 2 aromatic carbocycles. The van der Waals surface area contributed by atoms with E-state index in [1.54, 1.807) is 0 Å². The van der Waals surface area contributed by atoms with Gasteiger partial charge < -0.3 is 9.64 Å². The Labute approximate surface area is 238 Å². The Morgan fingerprint density at radius 1 is 0.973 bits per heavy atom. The maximum atomic E-state index is 13.7. The van der Waals surface area contributed by atoms with Gasteiger partial charge in [-0.05, 0) is 60.9 Å². The molecule has 1 aliphatic carbocycles. The number of hydrogen-bond acceptors (Lipinski definition) is 4. The molecule has 0 bridgehead atoms. The number of fused-ring (bicyclic) bond motifs is 1. The molecule has 7 heteroatoms. The number of urea groups is 1. The second-order valence-electron chi connectivity index (χ2n) is 10.6. The van der Waals surface area contributed by atoms with Gasteiger partial charge in [0.1, 0.15) is 0 Å². The molecule has 2 heterocycles. The van der Waals surface area contributed by atoms with Crippen LogP contribution in [-0.4, -0.2) is 60.6 Å². The highest BCUT2D eigenvalue weighted by Gasteiger charge is 2.41. The number of halogens is 1. The normalized spacial score (nSPS) is 20.8. The molecule has 1 saturated heterocycles. The number of ether oxygens (including phenoxy) is 1. The predicted octanol–water partition coefficient (Wildman–Crippen LogP) is 5.80. The SMILES string of the molecule is COC(=O)CCC1CN(C2CCCCC2)C(=O)N1c1ccc2c(c1)CCN(Cc1ccccc1)CC2.I. The Bertz CT molecular complexity index is 1060. The first-order valence-electron chi connectivity index (χ1n) is 13.7. The Kier molecular flexibility index (Phi) is 9.87. The molecule has 1 saturated carbocycles. The van der Waals surface area contributed by atoms with Crippen LogP contribution in [0.1, 0.15) is 61.6 Å². The molecule has 0 N–H and O–H groups in total. The van der Waals surface area contributed by atoms with Gasteiger partial charge in [0.15, 0.2) is 0 Å². The van der Waals surface area contributed by atoms with Gasteiger partial charge in [-0.1, -0.05) is 55.7 Å². The topological polar surface area (TPSA) is 53.1 Å². The summed E-state index contributed by atoms with van der Waals surface area (Å²) < 4.78 is 4.90. The zero-order chi connectivity index (χ0) is 24.9. The van der Waals surface area contributed by atoms with E-state index in [0.717, 1.165) is 51.0 Å². The minimum atomic E-state index is -0.209. The van der Waals surface area contributed by atoms with Crippen molar-refractivity contribution in [2.45, 2.75) is 76.4 Å². The van der Waals surface area contributed by atoms with Gasteiger partial charge in [0.25, 0.3) is 0 Å². The number of rotatable bonds is 7. The van der Waals surface area contributed by atoms with Crippen molar-refractivity contribution in [3.05, 3.63) is 65.2 Å². The van der Waals surface area contributed by atoms with Gasteiger partial charge in [-0.15, -0.1) is 24.0 Å². The van der Waals surface area contributed by atoms with Crippen molar-refractivity contribution in [1.29, 1.82) is 0 Å². The number of carbonyl (C=O) groups is 2. The minimum absolute atomic E-state index is 0. The lowest BCUT2D eigenvalue weighted by Crippen LogP contribution is -2.40. The summed E-state index contributed by atoms with van der Waals surface area (Å²) in [7, 11) is 1.43. The average Bonchev–Trinajstić information content (AvgIpc) is 3.12. The lowest BCUT2D eigenvalue weighted by atomic mass is 9.94. The summed E-state index contributed by atoms with van der Waals surface area (Å²) in [6, 6.07) is 17.7. The van der Waals surface area contributed by atoms with Crippen LogP contribution in [0.2, 0.25) is 0 Å². The molecule has 1 atom stereocenters. The fourth-order valence-corrected chi connectivity index (χ4v) is 6.21. The van der Waals surface area contributed by atoms with E-state index in [1.807, 2.05) is 4.90 Å². The van der Waals surface area contributed by atoms with E-state index in [0.29, 0.717) is 25.4 Å². The van der Waals surface area contributed by atoms with E-state index in [-0.39, 0.29) is 42.0 Å². The highest BCUT2D eigenvalue weighted by atomic mass is 127. The van der Waals surface area contributed by atoms with Crippen molar-refractivity contribution in [3.63, 3.8) is 0 Å². The lowest BCUT2D eigenvalue weighted by Gasteiger charge is -2.30. The third kappa shape index (κ3) is 6.66. The number of carbonyl (C=O) groups excluding carboxylic acids is 2. The molecule has 6 nitrogen and oxygen atoms in total. The summed E-state index contributed by atoms with van der Waals surface area (Å²) >= 11 is 0. The van der Waals surface area contributed by atoms with E-state index in [4.69, 9.17) is 4.74 Å². The van der Waals surface area contributed by atoms with Crippen molar-refractivity contribution in [2.75, 3.05) is 31.6 Å². The zero-order valence-electron chi connectivity index (χ0n) is 21.9. The molecular weight excluding hydrogens is 577 g/mol. The summed E-state index contributed by atoms with van der Waals surface area (Å²) in [5.74, 6) is -0.209. The number of benzene rings is 2. The summed E-state index contributed by atoms with van der Waals surface area (Å²) in [5.41, 5.74) is 5.06. The van der Waals surface area contributed by atoms with Crippen LogP contribution in [0.15, 0.2) is 48.5 Å². The first-order chi connectivity index (χ1) is 17.6. The van der Waals surface area contributed by atoms with Crippen molar-refractivity contribution < 1.29 is 14.3 Å². The van der Waals surface area contributed by atoms with E-state index >= 15 is 0 Å². The van der Waals surface area contributed by atoms with Gasteiger partial charge in [0, 0.05) is 44.3 Å². The van der Waals surface area contributed by atoms with Crippen LogP contribution in [0.25, 0.3) is 0 Å². The molecule has 200 valence electrons. The highest BCUT2D eigenvalue weighted by molar-refractivity contribution is 14.0. The predicted molar refractivity (Wildman–Crippen MR) is 157 cm³/mol. The second kappa shape index (κ2) is 13.1. The van der Waals surface area contributed by atoms with Crippen LogP contribution >= 0.6 is 24.0 Å². The largest absolute Gasteiger partial charge is 0.469 e. The minimum Gasteiger partial charge on any atom is -0.469 e. The first kappa shape index (κ1) is 27.9. The van der Waals surface area contributed by atoms with Gasteiger partial charge >= 0.3 is 12.0 Å². The number of anilines is 1. The highest BCUT2D eigenvalue weighted by Crippen LogP contribution is 2.34. The number of esters is 1. The average molecular weight is 618 g/mol. The summed E-state index contributed by atoms with van der Waals surface area (Å²) in [5, 5.41) is 0. The fourth-order valence-electron chi connectivity index (χ4n) is 6.21. The second-order valence-corrected chi connectivity index (χ2v) is 10.6. The monoisotopic (exact) mass is 617 g/mol. The van der Waals surface area contributed by atoms with Crippen molar-refractivity contribution in [1.82, 2.24) is 9.80 Å². The Morgan fingerprint density at radius 3 is 2.43 bits per heavy atom. The molecule has 2 amide bonds. The summed E-state index contributed by atoms with van der Waals surface area (Å²) in [6.45, 7) is 3.72. The maximum Gasteiger partial charge on any atom is 0.325 e.